The lowest BCUT2D eigenvalue weighted by Gasteiger charge is -2.48. The van der Waals surface area contributed by atoms with Crippen molar-refractivity contribution < 1.29 is 54.2 Å². The molecule has 212 valence electrons. The van der Waals surface area contributed by atoms with E-state index in [-0.39, 0.29) is 21.6 Å². The number of sulfone groups is 1. The maximum Gasteiger partial charge on any atom is 0.429 e. The van der Waals surface area contributed by atoms with E-state index in [0.29, 0.717) is 6.08 Å². The minimum absolute atomic E-state index is 0.0975. The highest BCUT2D eigenvalue weighted by Gasteiger charge is 2.79. The average molecular weight is 582 g/mol. The number of halogens is 7. The van der Waals surface area contributed by atoms with Crippen LogP contribution in [0.2, 0.25) is 0 Å². The highest BCUT2D eigenvalue weighted by Crippen LogP contribution is 2.52. The van der Waals surface area contributed by atoms with Crippen molar-refractivity contribution in [1.82, 2.24) is 5.32 Å². The van der Waals surface area contributed by atoms with Crippen molar-refractivity contribution in [1.29, 1.82) is 0 Å². The molecule has 39 heavy (non-hydrogen) atoms. The summed E-state index contributed by atoms with van der Waals surface area (Å²) < 4.78 is 121. The number of carbonyl (C=O) groups excluding carboxylic acids is 1. The zero-order chi connectivity index (χ0) is 29.4. The van der Waals surface area contributed by atoms with Crippen molar-refractivity contribution in [3.63, 3.8) is 0 Å². The van der Waals surface area contributed by atoms with Gasteiger partial charge in [0.15, 0.2) is 9.84 Å². The number of aliphatic hydroxyl groups excluding tert-OH is 1. The van der Waals surface area contributed by atoms with Gasteiger partial charge in [-0.1, -0.05) is 48.6 Å². The van der Waals surface area contributed by atoms with Crippen LogP contribution < -0.4 is 5.32 Å². The minimum Gasteiger partial charge on any atom is -0.395 e. The van der Waals surface area contributed by atoms with Crippen molar-refractivity contribution in [2.24, 2.45) is 0 Å². The number of hydrogen-bond acceptors (Lipinski definition) is 5. The van der Waals surface area contributed by atoms with Crippen LogP contribution >= 0.6 is 0 Å². The monoisotopic (exact) mass is 581 g/mol. The largest absolute Gasteiger partial charge is 0.429 e. The molecule has 3 N–H and O–H groups in total. The zero-order valence-electron chi connectivity index (χ0n) is 20.0. The quantitative estimate of drug-likeness (QED) is 0.428. The Balaban J connectivity index is 2.10. The second kappa shape index (κ2) is 10.4. The normalized spacial score (nSPS) is 19.4. The molecule has 0 saturated heterocycles. The average Bonchev–Trinajstić information content (AvgIpc) is 2.83. The molecular formula is C25H22F7NO5S. The number of hydrogen-bond donors (Lipinski definition) is 3. The number of carbonyl (C=O) groups is 1. The molecule has 0 heterocycles. The molecule has 0 saturated carbocycles. The molecule has 0 fully saturated rings. The van der Waals surface area contributed by atoms with Gasteiger partial charge in [-0.05, 0) is 35.8 Å². The van der Waals surface area contributed by atoms with Gasteiger partial charge in [-0.25, -0.2) is 12.8 Å². The Bertz CT molecular complexity index is 1390. The van der Waals surface area contributed by atoms with Gasteiger partial charge >= 0.3 is 12.4 Å². The van der Waals surface area contributed by atoms with E-state index in [1.165, 1.54) is 18.2 Å². The molecule has 3 rings (SSSR count). The molecule has 0 aliphatic heterocycles. The topological polar surface area (TPSA) is 104 Å². The molecular weight excluding hydrogens is 559 g/mol. The highest BCUT2D eigenvalue weighted by molar-refractivity contribution is 7.90. The molecule has 2 unspecified atom stereocenters. The zero-order valence-corrected chi connectivity index (χ0v) is 20.8. The van der Waals surface area contributed by atoms with E-state index in [0.717, 1.165) is 48.7 Å². The van der Waals surface area contributed by atoms with Crippen LogP contribution in [0.1, 0.15) is 23.5 Å². The number of rotatable bonds is 7. The lowest BCUT2D eigenvalue weighted by molar-refractivity contribution is -0.385. The van der Waals surface area contributed by atoms with Crippen molar-refractivity contribution in [3.8, 4) is 0 Å². The highest BCUT2D eigenvalue weighted by atomic mass is 32.2. The summed E-state index contributed by atoms with van der Waals surface area (Å²) in [5.41, 5.74) is -9.43. The van der Waals surface area contributed by atoms with Crippen LogP contribution in [0.5, 0.6) is 0 Å². The first-order valence-corrected chi connectivity index (χ1v) is 13.0. The molecule has 1 aliphatic rings. The summed E-state index contributed by atoms with van der Waals surface area (Å²) in [5, 5.41) is 21.7. The predicted octanol–water partition coefficient (Wildman–Crippen LogP) is 4.06. The van der Waals surface area contributed by atoms with Gasteiger partial charge in [0.2, 0.25) is 5.91 Å². The SMILES string of the molecule is CS(=O)(=O)c1ccc(C(CO)C(=O)NC2(C(O)(C(F)(F)F)C(F)(F)F)C=CC(c3ccccc3F)=CC2)cc1. The number of nitrogens with one attached hydrogen (secondary N) is 1. The van der Waals surface area contributed by atoms with Crippen LogP contribution in [-0.4, -0.2) is 60.9 Å². The summed E-state index contributed by atoms with van der Waals surface area (Å²) >= 11 is 0. The number of benzene rings is 2. The summed E-state index contributed by atoms with van der Waals surface area (Å²) in [5.74, 6) is -4.08. The number of aliphatic hydroxyl groups is 2. The molecule has 14 heteroatoms. The molecule has 6 nitrogen and oxygen atoms in total. The Morgan fingerprint density at radius 3 is 2.03 bits per heavy atom. The Hall–Kier alpha value is -3.23. The van der Waals surface area contributed by atoms with E-state index in [9.17, 15) is 54.2 Å². The third kappa shape index (κ3) is 5.58. The van der Waals surface area contributed by atoms with Gasteiger partial charge in [0.1, 0.15) is 11.4 Å². The van der Waals surface area contributed by atoms with Crippen molar-refractivity contribution in [2.75, 3.05) is 12.9 Å². The second-order valence-corrected chi connectivity index (χ2v) is 10.9. The van der Waals surface area contributed by atoms with Gasteiger partial charge in [0, 0.05) is 11.8 Å². The summed E-state index contributed by atoms with van der Waals surface area (Å²) in [4.78, 5) is 12.9. The molecule has 2 aromatic carbocycles. The smallest absolute Gasteiger partial charge is 0.395 e. The van der Waals surface area contributed by atoms with Crippen LogP contribution in [-0.2, 0) is 14.6 Å². The van der Waals surface area contributed by atoms with Crippen LogP contribution in [0.25, 0.3) is 5.57 Å². The molecule has 2 atom stereocenters. The van der Waals surface area contributed by atoms with Crippen LogP contribution in [0.15, 0.2) is 71.7 Å². The van der Waals surface area contributed by atoms with Gasteiger partial charge in [-0.3, -0.25) is 4.79 Å². The molecule has 2 aromatic rings. The van der Waals surface area contributed by atoms with Gasteiger partial charge < -0.3 is 15.5 Å². The first-order chi connectivity index (χ1) is 17.9. The van der Waals surface area contributed by atoms with Crippen molar-refractivity contribution in [3.05, 3.63) is 83.7 Å². The summed E-state index contributed by atoms with van der Waals surface area (Å²) in [6, 6.07) is 9.19. The maximum absolute atomic E-state index is 14.2. The van der Waals surface area contributed by atoms with Crippen LogP contribution in [0, 0.1) is 5.82 Å². The standard InChI is InChI=1S/C25H22F7NO5S/c1-39(37,38)17-8-6-15(7-9-17)19(14-34)21(35)33-22(23(36,24(27,28)29)25(30,31)32)12-10-16(11-13-22)18-4-2-3-5-20(18)26/h2-12,19,34,36H,13-14H2,1H3,(H,33,35). The van der Waals surface area contributed by atoms with E-state index < -0.39 is 64.0 Å². The van der Waals surface area contributed by atoms with E-state index >= 15 is 0 Å². The van der Waals surface area contributed by atoms with Gasteiger partial charge in [-0.15, -0.1) is 0 Å². The van der Waals surface area contributed by atoms with Crippen molar-refractivity contribution >= 4 is 21.3 Å². The third-order valence-electron chi connectivity index (χ3n) is 6.40. The molecule has 0 radical (unpaired) electrons. The van der Waals surface area contributed by atoms with Gasteiger partial charge in [-0.2, -0.15) is 26.3 Å². The van der Waals surface area contributed by atoms with Crippen molar-refractivity contribution in [2.45, 2.75) is 40.7 Å². The fraction of sp³-hybridized carbons (Fsp3) is 0.320. The third-order valence-corrected chi connectivity index (χ3v) is 7.53. The van der Waals surface area contributed by atoms with Crippen LogP contribution in [0.4, 0.5) is 30.7 Å². The molecule has 0 aromatic heterocycles. The number of amides is 1. The molecule has 0 bridgehead atoms. The first kappa shape index (κ1) is 30.3. The predicted molar refractivity (Wildman–Crippen MR) is 125 cm³/mol. The Morgan fingerprint density at radius 2 is 1.59 bits per heavy atom. The lowest BCUT2D eigenvalue weighted by Crippen LogP contribution is -2.76. The second-order valence-electron chi connectivity index (χ2n) is 8.92. The van der Waals surface area contributed by atoms with E-state index in [4.69, 9.17) is 0 Å². The van der Waals surface area contributed by atoms with E-state index in [1.54, 1.807) is 5.32 Å². The number of alkyl halides is 6. The Labute approximate surface area is 218 Å². The van der Waals surface area contributed by atoms with E-state index in [2.05, 4.69) is 0 Å². The van der Waals surface area contributed by atoms with Crippen LogP contribution in [0.3, 0.4) is 0 Å². The lowest BCUT2D eigenvalue weighted by atomic mass is 9.72. The molecule has 0 spiro atoms. The van der Waals surface area contributed by atoms with Gasteiger partial charge in [0.05, 0.1) is 17.4 Å². The summed E-state index contributed by atoms with van der Waals surface area (Å²) in [7, 11) is -3.68. The first-order valence-electron chi connectivity index (χ1n) is 11.1. The number of allylic oxidation sites excluding steroid dienone is 2. The summed E-state index contributed by atoms with van der Waals surface area (Å²) in [6.45, 7) is -1.09. The summed E-state index contributed by atoms with van der Waals surface area (Å²) in [6.07, 6.45) is -11.2. The van der Waals surface area contributed by atoms with E-state index in [1.807, 2.05) is 0 Å². The molecule has 1 amide bonds. The fourth-order valence-corrected chi connectivity index (χ4v) is 4.88. The maximum atomic E-state index is 14.2. The Kier molecular flexibility index (Phi) is 8.08. The Morgan fingerprint density at radius 1 is 1.03 bits per heavy atom. The fourth-order valence-electron chi connectivity index (χ4n) is 4.25. The molecule has 1 aliphatic carbocycles. The minimum atomic E-state index is -6.35. The van der Waals surface area contributed by atoms with Gasteiger partial charge in [0.25, 0.3) is 5.60 Å².